The Hall–Kier alpha value is -2.21. The second kappa shape index (κ2) is 6.81. The number of methoxy groups -OCH3 is 2. The van der Waals surface area contributed by atoms with Crippen LogP contribution in [0, 0.1) is 0 Å². The molecule has 0 atom stereocenters. The highest BCUT2D eigenvalue weighted by Gasteiger charge is 2.07. The standard InChI is InChI=1S/C14H15NO4S/c1-17-11-6-10(7-12(8-11)18-2)9-19-14(16)15-13-4-3-5-20-13/h3-8H,9H2,1-2H3,(H,15,16). The largest absolute Gasteiger partial charge is 0.497 e. The second-order valence-corrected chi connectivity index (χ2v) is 4.85. The Labute approximate surface area is 121 Å². The summed E-state index contributed by atoms with van der Waals surface area (Å²) >= 11 is 1.43. The summed E-state index contributed by atoms with van der Waals surface area (Å²) in [5, 5.41) is 5.27. The van der Waals surface area contributed by atoms with Crippen LogP contribution in [0.15, 0.2) is 35.7 Å². The van der Waals surface area contributed by atoms with Gasteiger partial charge in [0.05, 0.1) is 19.2 Å². The molecule has 0 spiro atoms. The molecule has 0 saturated heterocycles. The summed E-state index contributed by atoms with van der Waals surface area (Å²) in [6.45, 7) is 0.144. The van der Waals surface area contributed by atoms with Gasteiger partial charge < -0.3 is 14.2 Å². The smallest absolute Gasteiger partial charge is 0.412 e. The van der Waals surface area contributed by atoms with Gasteiger partial charge in [0, 0.05) is 6.07 Å². The Morgan fingerprint density at radius 2 is 1.90 bits per heavy atom. The molecule has 0 radical (unpaired) electrons. The van der Waals surface area contributed by atoms with Crippen LogP contribution in [-0.4, -0.2) is 20.3 Å². The van der Waals surface area contributed by atoms with Gasteiger partial charge in [-0.25, -0.2) is 4.79 Å². The fourth-order valence-electron chi connectivity index (χ4n) is 1.58. The molecular weight excluding hydrogens is 278 g/mol. The lowest BCUT2D eigenvalue weighted by Crippen LogP contribution is -2.12. The lowest BCUT2D eigenvalue weighted by Gasteiger charge is -2.09. The lowest BCUT2D eigenvalue weighted by molar-refractivity contribution is 0.155. The summed E-state index contributed by atoms with van der Waals surface area (Å²) < 4.78 is 15.5. The predicted molar refractivity (Wildman–Crippen MR) is 77.7 cm³/mol. The molecule has 1 aromatic carbocycles. The van der Waals surface area contributed by atoms with E-state index in [0.717, 1.165) is 10.6 Å². The number of thiophene rings is 1. The Balaban J connectivity index is 1.94. The van der Waals surface area contributed by atoms with Crippen molar-refractivity contribution in [1.29, 1.82) is 0 Å². The van der Waals surface area contributed by atoms with E-state index in [9.17, 15) is 4.79 Å². The van der Waals surface area contributed by atoms with Crippen molar-refractivity contribution in [3.05, 3.63) is 41.3 Å². The molecule has 2 rings (SSSR count). The molecule has 6 heteroatoms. The maximum atomic E-state index is 11.6. The zero-order valence-corrected chi connectivity index (χ0v) is 12.0. The summed E-state index contributed by atoms with van der Waals surface area (Å²) in [7, 11) is 3.14. The number of carbonyl (C=O) groups excluding carboxylic acids is 1. The van der Waals surface area contributed by atoms with Crippen molar-refractivity contribution in [3.8, 4) is 11.5 Å². The molecule has 20 heavy (non-hydrogen) atoms. The van der Waals surface area contributed by atoms with Crippen molar-refractivity contribution in [1.82, 2.24) is 0 Å². The van der Waals surface area contributed by atoms with Crippen LogP contribution in [0.25, 0.3) is 0 Å². The number of ether oxygens (including phenoxy) is 3. The van der Waals surface area contributed by atoms with Crippen LogP contribution >= 0.6 is 11.3 Å². The first kappa shape index (κ1) is 14.2. The lowest BCUT2D eigenvalue weighted by atomic mass is 10.2. The Morgan fingerprint density at radius 1 is 1.20 bits per heavy atom. The molecule has 0 aliphatic carbocycles. The monoisotopic (exact) mass is 293 g/mol. The third-order valence-corrected chi connectivity index (χ3v) is 3.31. The minimum absolute atomic E-state index is 0.144. The highest BCUT2D eigenvalue weighted by Crippen LogP contribution is 2.23. The number of nitrogens with one attached hydrogen (secondary N) is 1. The van der Waals surface area contributed by atoms with Gasteiger partial charge in [-0.05, 0) is 35.2 Å². The van der Waals surface area contributed by atoms with Crippen LogP contribution in [0.2, 0.25) is 0 Å². The van der Waals surface area contributed by atoms with Crippen LogP contribution in [0.1, 0.15) is 5.56 Å². The third kappa shape index (κ3) is 3.89. The van der Waals surface area contributed by atoms with Crippen LogP contribution in [0.5, 0.6) is 11.5 Å². The molecule has 1 heterocycles. The van der Waals surface area contributed by atoms with Gasteiger partial charge in [-0.3, -0.25) is 5.32 Å². The zero-order chi connectivity index (χ0) is 14.4. The van der Waals surface area contributed by atoms with Gasteiger partial charge in [-0.1, -0.05) is 0 Å². The molecule has 0 aliphatic rings. The normalized spacial score (nSPS) is 9.90. The van der Waals surface area contributed by atoms with Gasteiger partial charge in [0.1, 0.15) is 18.1 Å². The van der Waals surface area contributed by atoms with Crippen molar-refractivity contribution in [2.75, 3.05) is 19.5 Å². The molecule has 1 aromatic heterocycles. The van der Waals surface area contributed by atoms with Crippen molar-refractivity contribution in [3.63, 3.8) is 0 Å². The Bertz CT molecular complexity index is 546. The van der Waals surface area contributed by atoms with E-state index < -0.39 is 6.09 Å². The van der Waals surface area contributed by atoms with E-state index in [0.29, 0.717) is 11.5 Å². The topological polar surface area (TPSA) is 56.8 Å². The molecule has 106 valence electrons. The van der Waals surface area contributed by atoms with Crippen LogP contribution in [0.4, 0.5) is 9.80 Å². The van der Waals surface area contributed by atoms with E-state index in [1.165, 1.54) is 11.3 Å². The highest BCUT2D eigenvalue weighted by molar-refractivity contribution is 7.14. The molecule has 0 aliphatic heterocycles. The average Bonchev–Trinajstić information content (AvgIpc) is 2.97. The molecule has 0 unspecified atom stereocenters. The van der Waals surface area contributed by atoms with Gasteiger partial charge in [-0.2, -0.15) is 0 Å². The van der Waals surface area contributed by atoms with Crippen molar-refractivity contribution < 1.29 is 19.0 Å². The number of benzene rings is 1. The molecule has 2 aromatic rings. The predicted octanol–water partition coefficient (Wildman–Crippen LogP) is 3.51. The maximum Gasteiger partial charge on any atom is 0.412 e. The molecule has 0 fully saturated rings. The fourth-order valence-corrected chi connectivity index (χ4v) is 2.19. The second-order valence-electron chi connectivity index (χ2n) is 3.90. The van der Waals surface area contributed by atoms with Crippen molar-refractivity contribution in [2.45, 2.75) is 6.61 Å². The molecular formula is C14H15NO4S. The van der Waals surface area contributed by atoms with Crippen molar-refractivity contribution >= 4 is 22.4 Å². The number of carbonyl (C=O) groups is 1. The maximum absolute atomic E-state index is 11.6. The Morgan fingerprint density at radius 3 is 2.45 bits per heavy atom. The molecule has 0 bridgehead atoms. The van der Waals surface area contributed by atoms with E-state index in [4.69, 9.17) is 14.2 Å². The molecule has 5 nitrogen and oxygen atoms in total. The van der Waals surface area contributed by atoms with E-state index in [-0.39, 0.29) is 6.61 Å². The van der Waals surface area contributed by atoms with Crippen LogP contribution < -0.4 is 14.8 Å². The van der Waals surface area contributed by atoms with E-state index in [1.54, 1.807) is 38.5 Å². The summed E-state index contributed by atoms with van der Waals surface area (Å²) in [6.07, 6.45) is -0.491. The minimum Gasteiger partial charge on any atom is -0.497 e. The zero-order valence-electron chi connectivity index (χ0n) is 11.2. The number of amides is 1. The van der Waals surface area contributed by atoms with Gasteiger partial charge in [-0.15, -0.1) is 11.3 Å². The first-order valence-corrected chi connectivity index (χ1v) is 6.78. The molecule has 0 saturated carbocycles. The summed E-state index contributed by atoms with van der Waals surface area (Å²) in [4.78, 5) is 11.6. The van der Waals surface area contributed by atoms with Gasteiger partial charge in [0.2, 0.25) is 0 Å². The third-order valence-electron chi connectivity index (χ3n) is 2.53. The van der Waals surface area contributed by atoms with Gasteiger partial charge in [0.25, 0.3) is 0 Å². The SMILES string of the molecule is COc1cc(COC(=O)Nc2cccs2)cc(OC)c1. The van der Waals surface area contributed by atoms with Crippen LogP contribution in [0.3, 0.4) is 0 Å². The molecule has 1 amide bonds. The first-order valence-electron chi connectivity index (χ1n) is 5.90. The van der Waals surface area contributed by atoms with E-state index >= 15 is 0 Å². The highest BCUT2D eigenvalue weighted by atomic mass is 32.1. The van der Waals surface area contributed by atoms with Crippen molar-refractivity contribution in [2.24, 2.45) is 0 Å². The van der Waals surface area contributed by atoms with E-state index in [1.807, 2.05) is 11.4 Å². The quantitative estimate of drug-likeness (QED) is 0.916. The fraction of sp³-hybridized carbons (Fsp3) is 0.214. The number of anilines is 1. The Kier molecular flexibility index (Phi) is 4.84. The first-order chi connectivity index (χ1) is 9.71. The van der Waals surface area contributed by atoms with Crippen LogP contribution in [-0.2, 0) is 11.3 Å². The van der Waals surface area contributed by atoms with Gasteiger partial charge in [0.15, 0.2) is 0 Å². The van der Waals surface area contributed by atoms with E-state index in [2.05, 4.69) is 5.32 Å². The summed E-state index contributed by atoms with van der Waals surface area (Å²) in [6, 6.07) is 9.00. The minimum atomic E-state index is -0.491. The number of hydrogen-bond donors (Lipinski definition) is 1. The molecule has 1 N–H and O–H groups in total. The summed E-state index contributed by atoms with van der Waals surface area (Å²) in [5.74, 6) is 1.31. The van der Waals surface area contributed by atoms with Gasteiger partial charge >= 0.3 is 6.09 Å². The average molecular weight is 293 g/mol. The number of rotatable bonds is 5. The summed E-state index contributed by atoms with van der Waals surface area (Å²) in [5.41, 5.74) is 0.794. The number of hydrogen-bond acceptors (Lipinski definition) is 5.